The van der Waals surface area contributed by atoms with Gasteiger partial charge in [-0.1, -0.05) is 38.5 Å². The third kappa shape index (κ3) is 3.83. The van der Waals surface area contributed by atoms with E-state index in [9.17, 15) is 19.5 Å². The Balaban J connectivity index is 1.77. The summed E-state index contributed by atoms with van der Waals surface area (Å²) in [6.45, 7) is 9.69. The lowest BCUT2D eigenvalue weighted by molar-refractivity contribution is -0.143. The second-order valence-corrected chi connectivity index (χ2v) is 12.5. The molecule has 186 valence electrons. The maximum atomic E-state index is 14.1. The molecule has 8 heteroatoms. The van der Waals surface area contributed by atoms with Crippen molar-refractivity contribution in [1.29, 1.82) is 0 Å². The fraction of sp³-hybridized carbons (Fsp3) is 0.654. The van der Waals surface area contributed by atoms with Gasteiger partial charge in [0.05, 0.1) is 29.2 Å². The molecule has 1 aromatic rings. The van der Waals surface area contributed by atoms with Crippen LogP contribution in [0.25, 0.3) is 0 Å². The van der Waals surface area contributed by atoms with Gasteiger partial charge in [-0.2, -0.15) is 0 Å². The topological polar surface area (TPSA) is 98.7 Å². The van der Waals surface area contributed by atoms with Crippen LogP contribution in [-0.2, 0) is 14.4 Å². The van der Waals surface area contributed by atoms with Crippen LogP contribution in [0.1, 0.15) is 53.9 Å². The minimum atomic E-state index is -0.708. The quantitative estimate of drug-likeness (QED) is 0.524. The van der Waals surface area contributed by atoms with Gasteiger partial charge in [-0.05, 0) is 51.7 Å². The van der Waals surface area contributed by atoms with Crippen LogP contribution < -0.4 is 10.6 Å². The first-order chi connectivity index (χ1) is 16.1. The molecule has 1 aromatic carbocycles. The fourth-order valence-electron chi connectivity index (χ4n) is 6.34. The summed E-state index contributed by atoms with van der Waals surface area (Å²) in [6, 6.07) is 8.03. The highest BCUT2D eigenvalue weighted by atomic mass is 32.2. The number of carbonyl (C=O) groups is 3. The van der Waals surface area contributed by atoms with Gasteiger partial charge in [0.2, 0.25) is 17.7 Å². The monoisotopic (exact) mass is 487 g/mol. The second-order valence-electron chi connectivity index (χ2n) is 10.6. The smallest absolute Gasteiger partial charge is 0.244 e. The number of benzene rings is 1. The number of nitrogens with one attached hydrogen (secondary N) is 2. The Hall–Kier alpha value is -2.06. The number of para-hydroxylation sites is 1. The third-order valence-electron chi connectivity index (χ3n) is 8.06. The first-order valence-corrected chi connectivity index (χ1v) is 13.2. The van der Waals surface area contributed by atoms with Crippen LogP contribution in [-0.4, -0.2) is 62.0 Å². The van der Waals surface area contributed by atoms with Gasteiger partial charge in [-0.15, -0.1) is 11.8 Å². The Morgan fingerprint density at radius 3 is 2.44 bits per heavy atom. The molecule has 3 aliphatic rings. The average molecular weight is 488 g/mol. The van der Waals surface area contributed by atoms with E-state index in [4.69, 9.17) is 0 Å². The number of thioether (sulfide) groups is 1. The van der Waals surface area contributed by atoms with Crippen molar-refractivity contribution >= 4 is 35.2 Å². The molecular formula is C26H37N3O4S. The number of rotatable bonds is 8. The predicted octanol–water partition coefficient (Wildman–Crippen LogP) is 3.04. The van der Waals surface area contributed by atoms with E-state index in [0.717, 1.165) is 12.8 Å². The maximum Gasteiger partial charge on any atom is 0.244 e. The van der Waals surface area contributed by atoms with Gasteiger partial charge >= 0.3 is 0 Å². The van der Waals surface area contributed by atoms with Gasteiger partial charge in [-0.3, -0.25) is 14.4 Å². The van der Waals surface area contributed by atoms with Crippen LogP contribution in [0.4, 0.5) is 5.69 Å². The molecule has 34 heavy (non-hydrogen) atoms. The molecule has 0 radical (unpaired) electrons. The van der Waals surface area contributed by atoms with Gasteiger partial charge in [0, 0.05) is 16.5 Å². The summed E-state index contributed by atoms with van der Waals surface area (Å²) in [7, 11) is 0. The van der Waals surface area contributed by atoms with E-state index in [1.165, 1.54) is 0 Å². The lowest BCUT2D eigenvalue weighted by Crippen LogP contribution is -2.58. The molecule has 4 rings (SSSR count). The number of aliphatic hydroxyl groups excluding tert-OH is 1. The van der Waals surface area contributed by atoms with Crippen molar-refractivity contribution in [2.24, 2.45) is 17.8 Å². The molecule has 7 nitrogen and oxygen atoms in total. The summed E-state index contributed by atoms with van der Waals surface area (Å²) in [5, 5.41) is 16.4. The van der Waals surface area contributed by atoms with Crippen molar-refractivity contribution < 1.29 is 19.5 Å². The van der Waals surface area contributed by atoms with E-state index in [0.29, 0.717) is 12.1 Å². The lowest BCUT2D eigenvalue weighted by Gasteiger charge is -2.39. The van der Waals surface area contributed by atoms with E-state index in [2.05, 4.69) is 17.6 Å². The highest BCUT2D eigenvalue weighted by Crippen LogP contribution is 2.71. The first-order valence-electron chi connectivity index (χ1n) is 12.4. The standard InChI is InChI=1S/C26H37N3O4S/c1-6-16(4)18(14-30)29-21(23(32)27-15(2)3)26-13-12-25(5,34-26)19(20(26)24(29)33)22(31)28-17-10-8-7-9-11-17/h7-11,15-16,18-21,30H,6,12-14H2,1-5H3,(H,27,32)(H,28,31)/t16-,18-,19+,20-,21?,25-,26?/m0/s1. The summed E-state index contributed by atoms with van der Waals surface area (Å²) in [4.78, 5) is 43.1. The first kappa shape index (κ1) is 25.0. The highest BCUT2D eigenvalue weighted by molar-refractivity contribution is 8.02. The highest BCUT2D eigenvalue weighted by Gasteiger charge is 2.77. The van der Waals surface area contributed by atoms with Gasteiger partial charge < -0.3 is 20.6 Å². The maximum absolute atomic E-state index is 14.1. The average Bonchev–Trinajstić information content (AvgIpc) is 3.35. The summed E-state index contributed by atoms with van der Waals surface area (Å²) in [6.07, 6.45) is 2.24. The molecule has 3 saturated heterocycles. The number of anilines is 1. The minimum absolute atomic E-state index is 0.0212. The van der Waals surface area contributed by atoms with E-state index < -0.39 is 33.4 Å². The molecule has 1 spiro atoms. The predicted molar refractivity (Wildman–Crippen MR) is 134 cm³/mol. The lowest BCUT2D eigenvalue weighted by atomic mass is 9.66. The van der Waals surface area contributed by atoms with Crippen LogP contribution in [0.15, 0.2) is 30.3 Å². The molecule has 7 atom stereocenters. The minimum Gasteiger partial charge on any atom is -0.394 e. The molecule has 3 heterocycles. The van der Waals surface area contributed by atoms with Crippen molar-refractivity contribution in [3.8, 4) is 0 Å². The van der Waals surface area contributed by atoms with E-state index in [1.54, 1.807) is 16.7 Å². The van der Waals surface area contributed by atoms with Crippen molar-refractivity contribution in [3.05, 3.63) is 30.3 Å². The molecular weight excluding hydrogens is 450 g/mol. The van der Waals surface area contributed by atoms with Crippen LogP contribution in [0.2, 0.25) is 0 Å². The second kappa shape index (κ2) is 9.19. The number of hydrogen-bond donors (Lipinski definition) is 3. The number of hydrogen-bond acceptors (Lipinski definition) is 5. The van der Waals surface area contributed by atoms with Crippen molar-refractivity contribution in [2.75, 3.05) is 11.9 Å². The third-order valence-corrected chi connectivity index (χ3v) is 10.0. The molecule has 0 aromatic heterocycles. The van der Waals surface area contributed by atoms with Crippen LogP contribution >= 0.6 is 11.8 Å². The van der Waals surface area contributed by atoms with Crippen LogP contribution in [0.5, 0.6) is 0 Å². The van der Waals surface area contributed by atoms with E-state index in [-0.39, 0.29) is 36.3 Å². The van der Waals surface area contributed by atoms with Crippen LogP contribution in [0.3, 0.4) is 0 Å². The molecule has 0 saturated carbocycles. The SMILES string of the molecule is CC[C@H](C)[C@H](CO)N1C(=O)[C@@H]2[C@H](C(=O)Nc3ccccc3)[C@]3(C)CCC2(S3)C1C(=O)NC(C)C. The van der Waals surface area contributed by atoms with Crippen LogP contribution in [0, 0.1) is 17.8 Å². The number of amides is 3. The zero-order valence-corrected chi connectivity index (χ0v) is 21.5. The molecule has 3 aliphatic heterocycles. The number of fused-ring (bicyclic) bond motifs is 1. The van der Waals surface area contributed by atoms with Gasteiger partial charge in [0.1, 0.15) is 6.04 Å². The Morgan fingerprint density at radius 2 is 1.85 bits per heavy atom. The van der Waals surface area contributed by atoms with Gasteiger partial charge in [0.25, 0.3) is 0 Å². The Morgan fingerprint density at radius 1 is 1.18 bits per heavy atom. The zero-order valence-electron chi connectivity index (χ0n) is 20.7. The Labute approximate surface area is 206 Å². The molecule has 2 unspecified atom stereocenters. The van der Waals surface area contributed by atoms with Crippen molar-refractivity contribution in [2.45, 2.75) is 81.5 Å². The van der Waals surface area contributed by atoms with Gasteiger partial charge in [-0.25, -0.2) is 0 Å². The number of carbonyl (C=O) groups excluding carboxylic acids is 3. The molecule has 3 N–H and O–H groups in total. The zero-order chi connectivity index (χ0) is 24.8. The number of aliphatic hydroxyl groups is 1. The Kier molecular flexibility index (Phi) is 6.77. The number of nitrogens with zero attached hydrogens (tertiary/aromatic N) is 1. The van der Waals surface area contributed by atoms with Crippen molar-refractivity contribution in [1.82, 2.24) is 10.2 Å². The molecule has 2 bridgehead atoms. The summed E-state index contributed by atoms with van der Waals surface area (Å²) >= 11 is 1.65. The van der Waals surface area contributed by atoms with E-state index in [1.807, 2.05) is 58.0 Å². The summed E-state index contributed by atoms with van der Waals surface area (Å²) < 4.78 is -1.10. The summed E-state index contributed by atoms with van der Waals surface area (Å²) in [5.74, 6) is -1.65. The fourth-order valence-corrected chi connectivity index (χ4v) is 8.68. The molecule has 3 amide bonds. The largest absolute Gasteiger partial charge is 0.394 e. The summed E-state index contributed by atoms with van der Waals surface area (Å²) in [5.41, 5.74) is 0.696. The Bertz CT molecular complexity index is 957. The van der Waals surface area contributed by atoms with Gasteiger partial charge in [0.15, 0.2) is 0 Å². The molecule has 0 aliphatic carbocycles. The van der Waals surface area contributed by atoms with E-state index >= 15 is 0 Å². The van der Waals surface area contributed by atoms with Crippen molar-refractivity contribution in [3.63, 3.8) is 0 Å². The number of likely N-dealkylation sites (tertiary alicyclic amines) is 1. The normalized spacial score (nSPS) is 33.7. The molecule has 3 fully saturated rings.